The Bertz CT molecular complexity index is 347. The number of amides is 1. The Labute approximate surface area is 95.8 Å². The van der Waals surface area contributed by atoms with Crippen molar-refractivity contribution in [1.82, 2.24) is 14.9 Å². The highest BCUT2D eigenvalue weighted by Crippen LogP contribution is 2.10. The van der Waals surface area contributed by atoms with Gasteiger partial charge in [-0.05, 0) is 27.7 Å². The van der Waals surface area contributed by atoms with Gasteiger partial charge in [0.25, 0.3) is 0 Å². The lowest BCUT2D eigenvalue weighted by atomic mass is 10.3. The Balaban J connectivity index is 2.58. The Hall–Kier alpha value is -1.52. The van der Waals surface area contributed by atoms with Gasteiger partial charge >= 0.3 is 6.09 Å². The monoisotopic (exact) mass is 225 g/mol. The molecule has 0 spiro atoms. The van der Waals surface area contributed by atoms with Gasteiger partial charge in [0.15, 0.2) is 0 Å². The van der Waals surface area contributed by atoms with E-state index in [1.165, 1.54) is 0 Å². The molecule has 0 fully saturated rings. The number of carbonyl (C=O) groups excluding carboxylic acids is 1. The number of nitrogens with zero attached hydrogens (tertiary/aromatic N) is 2. The molecule has 1 unspecified atom stereocenters. The van der Waals surface area contributed by atoms with Gasteiger partial charge < -0.3 is 14.6 Å². The van der Waals surface area contributed by atoms with Crippen molar-refractivity contribution in [3.05, 3.63) is 18.2 Å². The van der Waals surface area contributed by atoms with Crippen LogP contribution in [0.15, 0.2) is 12.4 Å². The van der Waals surface area contributed by atoms with Crippen LogP contribution in [0.3, 0.4) is 0 Å². The van der Waals surface area contributed by atoms with Gasteiger partial charge in [0.05, 0.1) is 12.1 Å². The summed E-state index contributed by atoms with van der Waals surface area (Å²) in [5.41, 5.74) is 0. The number of alkyl carbamates (subject to hydrolysis) is 1. The molecular weight excluding hydrogens is 206 g/mol. The third-order valence-electron chi connectivity index (χ3n) is 2.15. The van der Waals surface area contributed by atoms with Crippen LogP contribution in [0.5, 0.6) is 0 Å². The molecule has 1 N–H and O–H groups in total. The Kier molecular flexibility index (Phi) is 4.34. The number of imidazole rings is 1. The Morgan fingerprint density at radius 3 is 2.81 bits per heavy atom. The van der Waals surface area contributed by atoms with Crippen LogP contribution in [0.25, 0.3) is 0 Å². The summed E-state index contributed by atoms with van der Waals surface area (Å²) < 4.78 is 6.99. The van der Waals surface area contributed by atoms with Crippen molar-refractivity contribution in [3.8, 4) is 0 Å². The minimum absolute atomic E-state index is 0.113. The SMILES string of the molecule is CCn1ccnc1C(C)NC(=O)OC(C)C. The van der Waals surface area contributed by atoms with Crippen molar-refractivity contribution in [1.29, 1.82) is 0 Å². The third kappa shape index (κ3) is 3.25. The van der Waals surface area contributed by atoms with E-state index < -0.39 is 6.09 Å². The second-order valence-electron chi connectivity index (χ2n) is 3.89. The number of ether oxygens (including phenoxy) is 1. The molecule has 1 aromatic heterocycles. The maximum atomic E-state index is 11.4. The van der Waals surface area contributed by atoms with Gasteiger partial charge in [-0.15, -0.1) is 0 Å². The van der Waals surface area contributed by atoms with Gasteiger partial charge in [0.1, 0.15) is 5.82 Å². The average Bonchev–Trinajstić information content (AvgIpc) is 2.63. The standard InChI is InChI=1S/C11H19N3O2/c1-5-14-7-6-12-10(14)9(4)13-11(15)16-8(2)3/h6-9H,5H2,1-4H3,(H,13,15). The maximum Gasteiger partial charge on any atom is 0.407 e. The molecule has 0 aliphatic heterocycles. The van der Waals surface area contributed by atoms with Gasteiger partial charge in [-0.1, -0.05) is 0 Å². The highest BCUT2D eigenvalue weighted by molar-refractivity contribution is 5.67. The Morgan fingerprint density at radius 2 is 2.25 bits per heavy atom. The fourth-order valence-corrected chi connectivity index (χ4v) is 1.46. The number of carbonyl (C=O) groups is 1. The van der Waals surface area contributed by atoms with Crippen LogP contribution in [0, 0.1) is 0 Å². The molecule has 0 bridgehead atoms. The summed E-state index contributed by atoms with van der Waals surface area (Å²) >= 11 is 0. The van der Waals surface area contributed by atoms with Crippen LogP contribution in [-0.4, -0.2) is 21.7 Å². The second-order valence-corrected chi connectivity index (χ2v) is 3.89. The number of hydrogen-bond acceptors (Lipinski definition) is 3. The molecule has 0 aliphatic carbocycles. The summed E-state index contributed by atoms with van der Waals surface area (Å²) in [6.07, 6.45) is 3.10. The first-order chi connectivity index (χ1) is 7.54. The summed E-state index contributed by atoms with van der Waals surface area (Å²) in [7, 11) is 0. The van der Waals surface area contributed by atoms with E-state index in [1.807, 2.05) is 38.5 Å². The van der Waals surface area contributed by atoms with Gasteiger partial charge in [-0.2, -0.15) is 0 Å². The lowest BCUT2D eigenvalue weighted by Crippen LogP contribution is -2.30. The molecule has 1 heterocycles. The van der Waals surface area contributed by atoms with E-state index in [-0.39, 0.29) is 12.1 Å². The maximum absolute atomic E-state index is 11.4. The molecule has 0 aromatic carbocycles. The topological polar surface area (TPSA) is 56.2 Å². The molecule has 0 saturated carbocycles. The predicted octanol–water partition coefficient (Wildman–Crippen LogP) is 2.10. The number of nitrogens with one attached hydrogen (secondary N) is 1. The van der Waals surface area contributed by atoms with Crippen LogP contribution >= 0.6 is 0 Å². The van der Waals surface area contributed by atoms with Gasteiger partial charge in [0.2, 0.25) is 0 Å². The zero-order valence-corrected chi connectivity index (χ0v) is 10.2. The average molecular weight is 225 g/mol. The van der Waals surface area contributed by atoms with E-state index in [1.54, 1.807) is 6.20 Å². The van der Waals surface area contributed by atoms with Crippen molar-refractivity contribution >= 4 is 6.09 Å². The van der Waals surface area contributed by atoms with Gasteiger partial charge in [-0.25, -0.2) is 9.78 Å². The normalized spacial score (nSPS) is 12.6. The fourth-order valence-electron chi connectivity index (χ4n) is 1.46. The molecule has 16 heavy (non-hydrogen) atoms. The van der Waals surface area contributed by atoms with Crippen LogP contribution in [0.2, 0.25) is 0 Å². The van der Waals surface area contributed by atoms with Crippen LogP contribution in [0.4, 0.5) is 4.79 Å². The van der Waals surface area contributed by atoms with Crippen molar-refractivity contribution in [2.75, 3.05) is 0 Å². The van der Waals surface area contributed by atoms with E-state index in [9.17, 15) is 4.79 Å². The van der Waals surface area contributed by atoms with E-state index in [4.69, 9.17) is 4.74 Å². The first kappa shape index (κ1) is 12.5. The zero-order valence-electron chi connectivity index (χ0n) is 10.2. The zero-order chi connectivity index (χ0) is 12.1. The third-order valence-corrected chi connectivity index (χ3v) is 2.15. The molecule has 0 saturated heterocycles. The van der Waals surface area contributed by atoms with Gasteiger partial charge in [0, 0.05) is 18.9 Å². The van der Waals surface area contributed by atoms with E-state index in [0.717, 1.165) is 12.4 Å². The number of rotatable bonds is 4. The minimum atomic E-state index is -0.409. The fraction of sp³-hybridized carbons (Fsp3) is 0.636. The van der Waals surface area contributed by atoms with Crippen LogP contribution < -0.4 is 5.32 Å². The smallest absolute Gasteiger partial charge is 0.407 e. The van der Waals surface area contributed by atoms with Crippen molar-refractivity contribution in [2.24, 2.45) is 0 Å². The molecule has 1 aromatic rings. The first-order valence-corrected chi connectivity index (χ1v) is 5.52. The largest absolute Gasteiger partial charge is 0.447 e. The molecule has 1 atom stereocenters. The van der Waals surface area contributed by atoms with Crippen molar-refractivity contribution in [2.45, 2.75) is 46.4 Å². The highest BCUT2D eigenvalue weighted by Gasteiger charge is 2.15. The lowest BCUT2D eigenvalue weighted by molar-refractivity contribution is 0.112. The number of aromatic nitrogens is 2. The summed E-state index contributed by atoms with van der Waals surface area (Å²) in [5.74, 6) is 0.836. The first-order valence-electron chi connectivity index (χ1n) is 5.52. The molecule has 0 aliphatic rings. The summed E-state index contributed by atoms with van der Waals surface area (Å²) in [6, 6.07) is -0.152. The number of hydrogen-bond donors (Lipinski definition) is 1. The molecular formula is C11H19N3O2. The van der Waals surface area contributed by atoms with Crippen LogP contribution in [-0.2, 0) is 11.3 Å². The predicted molar refractivity (Wildman–Crippen MR) is 61.1 cm³/mol. The van der Waals surface area contributed by atoms with E-state index in [0.29, 0.717) is 0 Å². The quantitative estimate of drug-likeness (QED) is 0.853. The number of aryl methyl sites for hydroxylation is 1. The van der Waals surface area contributed by atoms with Gasteiger partial charge in [-0.3, -0.25) is 0 Å². The molecule has 1 amide bonds. The second kappa shape index (κ2) is 5.53. The van der Waals surface area contributed by atoms with E-state index >= 15 is 0 Å². The van der Waals surface area contributed by atoms with E-state index in [2.05, 4.69) is 10.3 Å². The molecule has 90 valence electrons. The lowest BCUT2D eigenvalue weighted by Gasteiger charge is -2.16. The molecule has 5 nitrogen and oxygen atoms in total. The summed E-state index contributed by atoms with van der Waals surface area (Å²) in [6.45, 7) is 8.38. The Morgan fingerprint density at radius 1 is 1.56 bits per heavy atom. The summed E-state index contributed by atoms with van der Waals surface area (Å²) in [5, 5.41) is 2.74. The van der Waals surface area contributed by atoms with Crippen molar-refractivity contribution in [3.63, 3.8) is 0 Å². The molecule has 1 rings (SSSR count). The van der Waals surface area contributed by atoms with Crippen molar-refractivity contribution < 1.29 is 9.53 Å². The molecule has 0 radical (unpaired) electrons. The molecule has 5 heteroatoms. The van der Waals surface area contributed by atoms with Crippen LogP contribution in [0.1, 0.15) is 39.6 Å². The summed E-state index contributed by atoms with van der Waals surface area (Å²) in [4.78, 5) is 15.6. The minimum Gasteiger partial charge on any atom is -0.447 e. The highest BCUT2D eigenvalue weighted by atomic mass is 16.6.